The SMILES string of the molecule is CCCC[C@@H](CC)CNC(=O)CCCN(c1ccccc1Sc1ccccc1)S(C)(=O)=O. The third kappa shape index (κ3) is 8.87. The van der Waals surface area contributed by atoms with Gasteiger partial charge in [-0.15, -0.1) is 0 Å². The lowest BCUT2D eigenvalue weighted by atomic mass is 9.99. The summed E-state index contributed by atoms with van der Waals surface area (Å²) < 4.78 is 26.6. The summed E-state index contributed by atoms with van der Waals surface area (Å²) in [5, 5.41) is 3.03. The zero-order valence-corrected chi connectivity index (χ0v) is 21.1. The number of hydrogen-bond donors (Lipinski definition) is 1. The van der Waals surface area contributed by atoms with Crippen molar-refractivity contribution >= 4 is 33.4 Å². The maximum Gasteiger partial charge on any atom is 0.232 e. The summed E-state index contributed by atoms with van der Waals surface area (Å²) in [5.74, 6) is 0.494. The van der Waals surface area contributed by atoms with Gasteiger partial charge in [0.2, 0.25) is 15.9 Å². The van der Waals surface area contributed by atoms with Crippen LogP contribution in [0.15, 0.2) is 64.4 Å². The van der Waals surface area contributed by atoms with E-state index in [-0.39, 0.29) is 12.5 Å². The second kappa shape index (κ2) is 13.5. The van der Waals surface area contributed by atoms with E-state index in [2.05, 4.69) is 19.2 Å². The van der Waals surface area contributed by atoms with Crippen LogP contribution in [0.1, 0.15) is 52.4 Å². The van der Waals surface area contributed by atoms with Crippen LogP contribution >= 0.6 is 11.8 Å². The molecule has 32 heavy (non-hydrogen) atoms. The second-order valence-corrected chi connectivity index (χ2v) is 11.1. The Bertz CT molecular complexity index is 933. The third-order valence-corrected chi connectivity index (χ3v) is 7.65. The first-order valence-electron chi connectivity index (χ1n) is 11.4. The molecule has 1 N–H and O–H groups in total. The first-order valence-corrected chi connectivity index (χ1v) is 14.1. The van der Waals surface area contributed by atoms with Gasteiger partial charge in [0.15, 0.2) is 0 Å². The zero-order chi connectivity index (χ0) is 23.4. The van der Waals surface area contributed by atoms with Crippen LogP contribution < -0.4 is 9.62 Å². The van der Waals surface area contributed by atoms with Crippen LogP contribution in [-0.4, -0.2) is 33.7 Å². The van der Waals surface area contributed by atoms with Crippen molar-refractivity contribution in [2.24, 2.45) is 5.92 Å². The number of hydrogen-bond acceptors (Lipinski definition) is 4. The largest absolute Gasteiger partial charge is 0.356 e. The Morgan fingerprint density at radius 3 is 2.38 bits per heavy atom. The molecule has 5 nitrogen and oxygen atoms in total. The molecule has 0 bridgehead atoms. The Kier molecular flexibility index (Phi) is 11.1. The molecule has 7 heteroatoms. The Balaban J connectivity index is 2.00. The van der Waals surface area contributed by atoms with Crippen molar-refractivity contribution in [3.05, 3.63) is 54.6 Å². The molecule has 0 radical (unpaired) electrons. The minimum atomic E-state index is -3.48. The molecule has 176 valence electrons. The molecule has 2 rings (SSSR count). The molecule has 0 saturated heterocycles. The standard InChI is InChI=1S/C25H36N2O3S2/c1-4-6-13-21(5-2)20-26-25(28)18-12-19-27(32(3,29)30)23-16-10-11-17-24(23)31-22-14-8-7-9-15-22/h7-11,14-17,21H,4-6,12-13,18-20H2,1-3H3,(H,26,28)/t21-/m1/s1. The Labute approximate surface area is 198 Å². The molecule has 0 aliphatic rings. The van der Waals surface area contributed by atoms with Crippen molar-refractivity contribution in [3.63, 3.8) is 0 Å². The predicted octanol–water partition coefficient (Wildman–Crippen LogP) is 5.72. The first kappa shape index (κ1) is 26.3. The van der Waals surface area contributed by atoms with Crippen molar-refractivity contribution < 1.29 is 13.2 Å². The quantitative estimate of drug-likeness (QED) is 0.379. The molecule has 0 unspecified atom stereocenters. The maximum absolute atomic E-state index is 12.6. The number of nitrogens with zero attached hydrogens (tertiary/aromatic N) is 1. The maximum atomic E-state index is 12.6. The summed E-state index contributed by atoms with van der Waals surface area (Å²) in [7, 11) is -3.48. The van der Waals surface area contributed by atoms with Crippen LogP contribution in [0.2, 0.25) is 0 Å². The van der Waals surface area contributed by atoms with Gasteiger partial charge in [0, 0.05) is 29.3 Å². The van der Waals surface area contributed by atoms with Crippen LogP contribution in [0.4, 0.5) is 5.69 Å². The third-order valence-electron chi connectivity index (χ3n) is 5.40. The molecule has 0 aliphatic heterocycles. The van der Waals surface area contributed by atoms with Crippen LogP contribution in [0.25, 0.3) is 0 Å². The molecule has 0 aromatic heterocycles. The minimum Gasteiger partial charge on any atom is -0.356 e. The molecular formula is C25H36N2O3S2. The normalized spacial score (nSPS) is 12.3. The van der Waals surface area contributed by atoms with E-state index in [4.69, 9.17) is 0 Å². The summed E-state index contributed by atoms with van der Waals surface area (Å²) in [5.41, 5.74) is 0.648. The fourth-order valence-corrected chi connectivity index (χ4v) is 5.51. The number of sulfonamides is 1. The average Bonchev–Trinajstić information content (AvgIpc) is 2.77. The molecule has 0 aliphatic carbocycles. The number of anilines is 1. The van der Waals surface area contributed by atoms with Crippen LogP contribution in [-0.2, 0) is 14.8 Å². The number of benzene rings is 2. The van der Waals surface area contributed by atoms with E-state index in [0.29, 0.717) is 31.0 Å². The Hall–Kier alpha value is -1.99. The summed E-state index contributed by atoms with van der Waals surface area (Å²) in [6.07, 6.45) is 6.52. The number of amides is 1. The molecule has 1 amide bonds. The molecule has 1 atom stereocenters. The van der Waals surface area contributed by atoms with Crippen molar-refractivity contribution in [2.75, 3.05) is 23.7 Å². The Morgan fingerprint density at radius 1 is 1.03 bits per heavy atom. The van der Waals surface area contributed by atoms with E-state index in [0.717, 1.165) is 29.1 Å². The average molecular weight is 477 g/mol. The highest BCUT2D eigenvalue weighted by atomic mass is 32.2. The van der Waals surface area contributed by atoms with Crippen LogP contribution in [0.5, 0.6) is 0 Å². The highest BCUT2D eigenvalue weighted by Gasteiger charge is 2.21. The number of unbranched alkanes of at least 4 members (excludes halogenated alkanes) is 1. The van der Waals surface area contributed by atoms with Gasteiger partial charge < -0.3 is 5.32 Å². The highest BCUT2D eigenvalue weighted by molar-refractivity contribution is 7.99. The lowest BCUT2D eigenvalue weighted by molar-refractivity contribution is -0.121. The number of nitrogens with one attached hydrogen (secondary N) is 1. The summed E-state index contributed by atoms with van der Waals surface area (Å²) in [6, 6.07) is 17.4. The first-order chi connectivity index (χ1) is 15.3. The van der Waals surface area contributed by atoms with Gasteiger partial charge in [-0.3, -0.25) is 9.10 Å². The molecule has 2 aromatic carbocycles. The Morgan fingerprint density at radius 2 is 1.72 bits per heavy atom. The van der Waals surface area contributed by atoms with E-state index in [1.165, 1.54) is 28.7 Å². The summed E-state index contributed by atoms with van der Waals surface area (Å²) in [4.78, 5) is 14.2. The molecule has 0 heterocycles. The van der Waals surface area contributed by atoms with Gasteiger partial charge in [-0.2, -0.15) is 0 Å². The van der Waals surface area contributed by atoms with E-state index in [1.807, 2.05) is 54.6 Å². The van der Waals surface area contributed by atoms with Gasteiger partial charge in [-0.1, -0.05) is 75.2 Å². The fraction of sp³-hybridized carbons (Fsp3) is 0.480. The zero-order valence-electron chi connectivity index (χ0n) is 19.4. The van der Waals surface area contributed by atoms with Gasteiger partial charge in [0.1, 0.15) is 0 Å². The van der Waals surface area contributed by atoms with Crippen LogP contribution in [0, 0.1) is 5.92 Å². The molecule has 0 spiro atoms. The smallest absolute Gasteiger partial charge is 0.232 e. The molecular weight excluding hydrogens is 440 g/mol. The summed E-state index contributed by atoms with van der Waals surface area (Å²) >= 11 is 1.53. The van der Waals surface area contributed by atoms with Gasteiger partial charge in [-0.05, 0) is 43.0 Å². The van der Waals surface area contributed by atoms with E-state index in [1.54, 1.807) is 0 Å². The second-order valence-electron chi connectivity index (χ2n) is 8.04. The lowest BCUT2D eigenvalue weighted by Crippen LogP contribution is -2.33. The monoisotopic (exact) mass is 476 g/mol. The van der Waals surface area contributed by atoms with Gasteiger partial charge in [-0.25, -0.2) is 8.42 Å². The number of carbonyl (C=O) groups is 1. The highest BCUT2D eigenvalue weighted by Crippen LogP contribution is 2.36. The van der Waals surface area contributed by atoms with Gasteiger partial charge >= 0.3 is 0 Å². The number of rotatable bonds is 14. The number of carbonyl (C=O) groups excluding carboxylic acids is 1. The van der Waals surface area contributed by atoms with Crippen molar-refractivity contribution in [1.82, 2.24) is 5.32 Å². The van der Waals surface area contributed by atoms with E-state index >= 15 is 0 Å². The molecule has 0 fully saturated rings. The van der Waals surface area contributed by atoms with E-state index in [9.17, 15) is 13.2 Å². The van der Waals surface area contributed by atoms with Crippen molar-refractivity contribution in [3.8, 4) is 0 Å². The topological polar surface area (TPSA) is 66.5 Å². The van der Waals surface area contributed by atoms with Crippen molar-refractivity contribution in [1.29, 1.82) is 0 Å². The molecule has 0 saturated carbocycles. The fourth-order valence-electron chi connectivity index (χ4n) is 3.50. The number of para-hydroxylation sites is 1. The van der Waals surface area contributed by atoms with Crippen molar-refractivity contribution in [2.45, 2.75) is 62.2 Å². The summed E-state index contributed by atoms with van der Waals surface area (Å²) in [6.45, 7) is 5.30. The van der Waals surface area contributed by atoms with E-state index < -0.39 is 10.0 Å². The van der Waals surface area contributed by atoms with Crippen LogP contribution in [0.3, 0.4) is 0 Å². The predicted molar refractivity (Wildman–Crippen MR) is 135 cm³/mol. The lowest BCUT2D eigenvalue weighted by Gasteiger charge is -2.24. The molecule has 2 aromatic rings. The van der Waals surface area contributed by atoms with Gasteiger partial charge in [0.25, 0.3) is 0 Å². The van der Waals surface area contributed by atoms with Gasteiger partial charge in [0.05, 0.1) is 11.9 Å². The minimum absolute atomic E-state index is 0.0136.